The summed E-state index contributed by atoms with van der Waals surface area (Å²) in [6.07, 6.45) is 0. The Labute approximate surface area is 169 Å². The molecule has 4 nitrogen and oxygen atoms in total. The fourth-order valence-electron chi connectivity index (χ4n) is 3.22. The number of quaternary nitrogens is 1. The zero-order valence-electron chi connectivity index (χ0n) is 14.9. The number of aromatic nitrogens is 2. The van der Waals surface area contributed by atoms with Crippen LogP contribution in [0.2, 0.25) is 5.02 Å². The predicted molar refractivity (Wildman–Crippen MR) is 114 cm³/mol. The van der Waals surface area contributed by atoms with Crippen molar-refractivity contribution in [1.82, 2.24) is 9.97 Å². The smallest absolute Gasteiger partial charge is 0.260 e. The Bertz CT molecular complexity index is 1130. The molecule has 0 radical (unpaired) electrons. The maximum absolute atomic E-state index is 12.8. The van der Waals surface area contributed by atoms with Crippen molar-refractivity contribution >= 4 is 44.5 Å². The molecule has 0 fully saturated rings. The number of hydrogen-bond donors (Lipinski definition) is 2. The largest absolute Gasteiger partial charge is 0.332 e. The van der Waals surface area contributed by atoms with E-state index in [-0.39, 0.29) is 17.6 Å². The van der Waals surface area contributed by atoms with Gasteiger partial charge in [-0.05, 0) is 37.4 Å². The summed E-state index contributed by atoms with van der Waals surface area (Å²) in [6, 6.07) is 12.1. The minimum absolute atomic E-state index is 0.0170. The molecule has 27 heavy (non-hydrogen) atoms. The molecule has 0 aliphatic rings. The number of H-pyrrole nitrogens is 1. The second kappa shape index (κ2) is 7.56. The number of rotatable bonds is 5. The number of halogens is 1. The van der Waals surface area contributed by atoms with Gasteiger partial charge in [-0.3, -0.25) is 4.79 Å². The predicted octanol–water partition coefficient (Wildman–Crippen LogP) is 4.75. The second-order valence-corrected chi connectivity index (χ2v) is 8.83. The molecule has 3 heterocycles. The maximum atomic E-state index is 12.8. The van der Waals surface area contributed by atoms with Gasteiger partial charge in [-0.15, -0.1) is 22.7 Å². The molecule has 0 aliphatic heterocycles. The lowest BCUT2D eigenvalue weighted by atomic mass is 10.1. The summed E-state index contributed by atoms with van der Waals surface area (Å²) in [5.41, 5.74) is 2.04. The van der Waals surface area contributed by atoms with Crippen molar-refractivity contribution in [3.8, 4) is 10.4 Å². The standard InChI is InChI=1S/C20H18ClN3OS2/c1-11(13-5-3-6-14(21)9-13)22-12(2)18-23-19(25)17-15(10-27-20(17)24-18)16-7-4-8-26-16/h3-12,22H,1-2H3,(H,23,24,25)/p+1/t11-,12+/m0/s1. The van der Waals surface area contributed by atoms with Crippen molar-refractivity contribution in [2.24, 2.45) is 0 Å². The lowest BCUT2D eigenvalue weighted by molar-refractivity contribution is -0.729. The monoisotopic (exact) mass is 416 g/mol. The summed E-state index contributed by atoms with van der Waals surface area (Å²) in [6.45, 7) is 4.18. The van der Waals surface area contributed by atoms with Gasteiger partial charge in [-0.2, -0.15) is 0 Å². The van der Waals surface area contributed by atoms with E-state index in [1.165, 1.54) is 11.3 Å². The van der Waals surface area contributed by atoms with E-state index in [9.17, 15) is 4.79 Å². The topological polar surface area (TPSA) is 62.4 Å². The number of thiophene rings is 2. The van der Waals surface area contributed by atoms with Crippen LogP contribution in [-0.2, 0) is 0 Å². The van der Waals surface area contributed by atoms with E-state index >= 15 is 0 Å². The van der Waals surface area contributed by atoms with Crippen LogP contribution in [0.5, 0.6) is 0 Å². The van der Waals surface area contributed by atoms with E-state index in [1.807, 2.05) is 41.1 Å². The number of nitrogens with zero attached hydrogens (tertiary/aromatic N) is 1. The van der Waals surface area contributed by atoms with Gasteiger partial charge in [0.05, 0.1) is 5.39 Å². The number of nitrogens with one attached hydrogen (secondary N) is 1. The quantitative estimate of drug-likeness (QED) is 0.493. The summed E-state index contributed by atoms with van der Waals surface area (Å²) < 4.78 is 0. The average Bonchev–Trinajstić information content (AvgIpc) is 3.31. The van der Waals surface area contributed by atoms with Gasteiger partial charge in [0.2, 0.25) is 0 Å². The van der Waals surface area contributed by atoms with Crippen LogP contribution in [-0.4, -0.2) is 9.97 Å². The maximum Gasteiger partial charge on any atom is 0.260 e. The Morgan fingerprint density at radius 3 is 2.74 bits per heavy atom. The van der Waals surface area contributed by atoms with E-state index < -0.39 is 0 Å². The Hall–Kier alpha value is -1.99. The Balaban J connectivity index is 1.63. The fraction of sp³-hybridized carbons (Fsp3) is 0.200. The van der Waals surface area contributed by atoms with Crippen molar-refractivity contribution in [1.29, 1.82) is 0 Å². The number of fused-ring (bicyclic) bond motifs is 1. The van der Waals surface area contributed by atoms with Crippen LogP contribution in [0, 0.1) is 0 Å². The first-order valence-corrected chi connectivity index (χ1v) is 10.8. The molecule has 0 amide bonds. The number of aromatic amines is 1. The molecule has 3 aromatic heterocycles. The molecular weight excluding hydrogens is 398 g/mol. The van der Waals surface area contributed by atoms with Gasteiger partial charge < -0.3 is 10.3 Å². The SMILES string of the molecule is C[C@H]([NH2+][C@H](C)c1nc2scc(-c3cccs3)c2c(=O)[nH]1)c1cccc(Cl)c1. The van der Waals surface area contributed by atoms with Gasteiger partial charge in [0.15, 0.2) is 5.82 Å². The first-order chi connectivity index (χ1) is 13.0. The van der Waals surface area contributed by atoms with E-state index in [1.54, 1.807) is 11.3 Å². The fourth-order valence-corrected chi connectivity index (χ4v) is 5.19. The number of hydrogen-bond acceptors (Lipinski definition) is 4. The van der Waals surface area contributed by atoms with Crippen molar-refractivity contribution in [2.75, 3.05) is 0 Å². The highest BCUT2D eigenvalue weighted by Gasteiger charge is 2.20. The van der Waals surface area contributed by atoms with Crippen LogP contribution in [0.3, 0.4) is 0 Å². The third-order valence-electron chi connectivity index (χ3n) is 4.63. The first kappa shape index (κ1) is 18.4. The highest BCUT2D eigenvalue weighted by Crippen LogP contribution is 2.33. The lowest BCUT2D eigenvalue weighted by Crippen LogP contribution is -2.85. The number of nitrogens with two attached hydrogens (primary N) is 1. The first-order valence-electron chi connectivity index (χ1n) is 8.68. The van der Waals surface area contributed by atoms with Crippen LogP contribution in [0.15, 0.2) is 52.0 Å². The number of benzene rings is 1. The molecule has 0 spiro atoms. The molecule has 0 unspecified atom stereocenters. The third kappa shape index (κ3) is 3.71. The van der Waals surface area contributed by atoms with Crippen molar-refractivity contribution in [3.63, 3.8) is 0 Å². The summed E-state index contributed by atoms with van der Waals surface area (Å²) >= 11 is 9.25. The molecule has 2 atom stereocenters. The van der Waals surface area contributed by atoms with Crippen LogP contribution >= 0.6 is 34.3 Å². The highest BCUT2D eigenvalue weighted by molar-refractivity contribution is 7.18. The molecule has 4 aromatic rings. The van der Waals surface area contributed by atoms with Crippen LogP contribution < -0.4 is 10.9 Å². The molecule has 0 bridgehead atoms. The minimum atomic E-state index is -0.0738. The van der Waals surface area contributed by atoms with Gasteiger partial charge in [0.25, 0.3) is 5.56 Å². The lowest BCUT2D eigenvalue weighted by Gasteiger charge is -2.16. The molecule has 138 valence electrons. The van der Waals surface area contributed by atoms with Gasteiger partial charge in [-0.25, -0.2) is 4.98 Å². The molecular formula is C20H19ClN3OS2+. The minimum Gasteiger partial charge on any atom is -0.332 e. The third-order valence-corrected chi connectivity index (χ3v) is 6.64. The summed E-state index contributed by atoms with van der Waals surface area (Å²) in [4.78, 5) is 22.4. The van der Waals surface area contributed by atoms with E-state index in [0.717, 1.165) is 25.9 Å². The molecule has 3 N–H and O–H groups in total. The molecule has 0 saturated carbocycles. The van der Waals surface area contributed by atoms with E-state index in [4.69, 9.17) is 16.6 Å². The van der Waals surface area contributed by atoms with Gasteiger partial charge in [0, 0.05) is 26.4 Å². The summed E-state index contributed by atoms with van der Waals surface area (Å²) in [5, 5.41) is 7.63. The zero-order valence-corrected chi connectivity index (χ0v) is 17.3. The molecule has 1 aromatic carbocycles. The van der Waals surface area contributed by atoms with Gasteiger partial charge >= 0.3 is 0 Å². The average molecular weight is 417 g/mol. The Morgan fingerprint density at radius 2 is 2.00 bits per heavy atom. The van der Waals surface area contributed by atoms with Crippen molar-refractivity contribution in [3.05, 3.63) is 73.9 Å². The molecule has 0 aliphatic carbocycles. The van der Waals surface area contributed by atoms with Gasteiger partial charge in [-0.1, -0.05) is 29.8 Å². The van der Waals surface area contributed by atoms with Crippen molar-refractivity contribution < 1.29 is 5.32 Å². The second-order valence-electron chi connectivity index (χ2n) is 6.58. The Kier molecular flexibility index (Phi) is 5.14. The van der Waals surface area contributed by atoms with E-state index in [2.05, 4.69) is 30.2 Å². The molecule has 4 rings (SSSR count). The molecule has 0 saturated heterocycles. The zero-order chi connectivity index (χ0) is 19.0. The van der Waals surface area contributed by atoms with Crippen LogP contribution in [0.25, 0.3) is 20.7 Å². The summed E-state index contributed by atoms with van der Waals surface area (Å²) in [7, 11) is 0. The van der Waals surface area contributed by atoms with Crippen LogP contribution in [0.1, 0.15) is 37.3 Å². The van der Waals surface area contributed by atoms with Crippen LogP contribution in [0.4, 0.5) is 0 Å². The molecule has 7 heteroatoms. The van der Waals surface area contributed by atoms with Gasteiger partial charge in [0.1, 0.15) is 16.9 Å². The Morgan fingerprint density at radius 1 is 1.15 bits per heavy atom. The highest BCUT2D eigenvalue weighted by atomic mass is 35.5. The van der Waals surface area contributed by atoms with E-state index in [0.29, 0.717) is 11.2 Å². The summed E-state index contributed by atoms with van der Waals surface area (Å²) in [5.74, 6) is 0.695. The normalized spacial score (nSPS) is 13.7. The van der Waals surface area contributed by atoms with Crippen molar-refractivity contribution in [2.45, 2.75) is 25.9 Å².